The highest BCUT2D eigenvalue weighted by Crippen LogP contribution is 2.14. The Morgan fingerprint density at radius 1 is 1.06 bits per heavy atom. The van der Waals surface area contributed by atoms with E-state index in [0.717, 1.165) is 25.2 Å². The summed E-state index contributed by atoms with van der Waals surface area (Å²) in [7, 11) is 0. The number of nitrogens with zero attached hydrogens (tertiary/aromatic N) is 1. The Morgan fingerprint density at radius 2 is 1.77 bits per heavy atom. The van der Waals surface area contributed by atoms with E-state index in [-0.39, 0.29) is 37.0 Å². The summed E-state index contributed by atoms with van der Waals surface area (Å²) in [5, 5.41) is 5.57. The molecule has 2 atom stereocenters. The molecule has 0 bridgehead atoms. The van der Waals surface area contributed by atoms with Crippen LogP contribution in [0.3, 0.4) is 0 Å². The zero-order chi connectivity index (χ0) is 22.1. The van der Waals surface area contributed by atoms with Crippen LogP contribution in [0.25, 0.3) is 6.08 Å². The fourth-order valence-corrected chi connectivity index (χ4v) is 3.63. The molecule has 1 fully saturated rings. The van der Waals surface area contributed by atoms with Crippen LogP contribution in [-0.2, 0) is 27.4 Å². The number of nitrogens with one attached hydrogen (secondary N) is 2. The van der Waals surface area contributed by atoms with E-state index in [1.165, 1.54) is 11.6 Å². The molecule has 1 aromatic carbocycles. The first-order valence-corrected chi connectivity index (χ1v) is 10.7. The molecule has 1 aliphatic rings. The highest BCUT2D eigenvalue weighted by Gasteiger charge is 2.21. The molecule has 1 aromatic heterocycles. The van der Waals surface area contributed by atoms with Crippen molar-refractivity contribution in [1.82, 2.24) is 15.5 Å². The summed E-state index contributed by atoms with van der Waals surface area (Å²) in [6.07, 6.45) is 5.26. The fourth-order valence-electron chi connectivity index (χ4n) is 3.63. The molecule has 166 valence electrons. The molecule has 0 spiro atoms. The van der Waals surface area contributed by atoms with Crippen molar-refractivity contribution in [3.05, 3.63) is 65.6 Å². The van der Waals surface area contributed by atoms with Gasteiger partial charge in [0.2, 0.25) is 11.8 Å². The molecule has 2 amide bonds. The Hall–Kier alpha value is -2.90. The summed E-state index contributed by atoms with van der Waals surface area (Å²) in [5.74, 6) is 0.243. The predicted octanol–water partition coefficient (Wildman–Crippen LogP) is 2.72. The third kappa shape index (κ3) is 8.03. The lowest BCUT2D eigenvalue weighted by molar-refractivity contribution is -0.121. The normalized spacial score (nSPS) is 19.4. The molecule has 3 rings (SSSR count). The zero-order valence-electron chi connectivity index (χ0n) is 18.2. The lowest BCUT2D eigenvalue weighted by Crippen LogP contribution is -2.44. The van der Waals surface area contributed by atoms with Crippen molar-refractivity contribution in [2.24, 2.45) is 0 Å². The Balaban J connectivity index is 1.33. The van der Waals surface area contributed by atoms with Gasteiger partial charge < -0.3 is 19.8 Å². The number of rotatable bonds is 9. The van der Waals surface area contributed by atoms with E-state index >= 15 is 0 Å². The summed E-state index contributed by atoms with van der Waals surface area (Å²) in [6, 6.07) is 11.8. The number of carbonyl (C=O) groups excluding carboxylic acids is 2. The van der Waals surface area contributed by atoms with Gasteiger partial charge in [0.05, 0.1) is 18.5 Å². The molecular weight excluding hydrogens is 394 g/mol. The van der Waals surface area contributed by atoms with Gasteiger partial charge in [-0.3, -0.25) is 14.5 Å². The zero-order valence-corrected chi connectivity index (χ0v) is 18.2. The molecule has 7 nitrogen and oxygen atoms in total. The molecule has 2 unspecified atom stereocenters. The van der Waals surface area contributed by atoms with Crippen molar-refractivity contribution in [2.75, 3.05) is 19.6 Å². The number of amides is 2. The maximum Gasteiger partial charge on any atom is 0.244 e. The van der Waals surface area contributed by atoms with Gasteiger partial charge in [0.25, 0.3) is 0 Å². The van der Waals surface area contributed by atoms with E-state index in [2.05, 4.69) is 41.5 Å². The van der Waals surface area contributed by atoms with Gasteiger partial charge in [0.15, 0.2) is 0 Å². The summed E-state index contributed by atoms with van der Waals surface area (Å²) >= 11 is 0. The van der Waals surface area contributed by atoms with Gasteiger partial charge in [-0.25, -0.2) is 0 Å². The minimum absolute atomic E-state index is 0.101. The third-order valence-electron chi connectivity index (χ3n) is 5.01. The summed E-state index contributed by atoms with van der Waals surface area (Å²) in [5.41, 5.74) is 2.30. The second-order valence-corrected chi connectivity index (χ2v) is 7.93. The minimum Gasteiger partial charge on any atom is -0.465 e. The SMILES string of the molecule is CC1CN(Cc2ccc(CNC(=O)CCNC(=O)/C=C/c3ccco3)cc2)CC(C)O1. The average molecular weight is 426 g/mol. The Kier molecular flexibility index (Phi) is 8.44. The lowest BCUT2D eigenvalue weighted by atomic mass is 10.1. The number of hydrogen-bond acceptors (Lipinski definition) is 5. The maximum atomic E-state index is 12.0. The molecule has 0 radical (unpaired) electrons. The van der Waals surface area contributed by atoms with Gasteiger partial charge in [-0.05, 0) is 43.2 Å². The number of benzene rings is 1. The largest absolute Gasteiger partial charge is 0.465 e. The van der Waals surface area contributed by atoms with Crippen molar-refractivity contribution >= 4 is 17.9 Å². The van der Waals surface area contributed by atoms with Crippen LogP contribution in [0.5, 0.6) is 0 Å². The summed E-state index contributed by atoms with van der Waals surface area (Å²) in [6.45, 7) is 7.75. The monoisotopic (exact) mass is 425 g/mol. The van der Waals surface area contributed by atoms with E-state index in [0.29, 0.717) is 12.3 Å². The second kappa shape index (κ2) is 11.5. The first-order valence-electron chi connectivity index (χ1n) is 10.7. The van der Waals surface area contributed by atoms with Crippen molar-refractivity contribution in [2.45, 2.75) is 45.6 Å². The topological polar surface area (TPSA) is 83.8 Å². The molecule has 1 aliphatic heterocycles. The second-order valence-electron chi connectivity index (χ2n) is 7.93. The highest BCUT2D eigenvalue weighted by molar-refractivity contribution is 5.91. The smallest absolute Gasteiger partial charge is 0.244 e. The standard InChI is InChI=1S/C24H31N3O4/c1-18-15-27(16-19(2)31-18)17-21-7-5-20(6-8-21)14-26-24(29)11-12-25-23(28)10-9-22-4-3-13-30-22/h3-10,13,18-19H,11-12,14-17H2,1-2H3,(H,25,28)(H,26,29)/b10-9+. The Labute approximate surface area is 183 Å². The van der Waals surface area contributed by atoms with Crippen LogP contribution >= 0.6 is 0 Å². The van der Waals surface area contributed by atoms with E-state index in [1.54, 1.807) is 24.5 Å². The number of ether oxygens (including phenoxy) is 1. The Morgan fingerprint density at radius 3 is 2.45 bits per heavy atom. The molecule has 2 aromatic rings. The molecular formula is C24H31N3O4. The van der Waals surface area contributed by atoms with Gasteiger partial charge in [-0.2, -0.15) is 0 Å². The number of morpholine rings is 1. The fraction of sp³-hybridized carbons (Fsp3) is 0.417. The van der Waals surface area contributed by atoms with Crippen LogP contribution in [-0.4, -0.2) is 48.6 Å². The summed E-state index contributed by atoms with van der Waals surface area (Å²) in [4.78, 5) is 26.2. The number of hydrogen-bond donors (Lipinski definition) is 2. The molecule has 31 heavy (non-hydrogen) atoms. The summed E-state index contributed by atoms with van der Waals surface area (Å²) < 4.78 is 10.9. The van der Waals surface area contributed by atoms with E-state index in [1.807, 2.05) is 12.1 Å². The van der Waals surface area contributed by atoms with Crippen molar-refractivity contribution in [3.8, 4) is 0 Å². The van der Waals surface area contributed by atoms with Gasteiger partial charge in [0, 0.05) is 45.2 Å². The first-order chi connectivity index (χ1) is 15.0. The van der Waals surface area contributed by atoms with Gasteiger partial charge in [-0.1, -0.05) is 24.3 Å². The van der Waals surface area contributed by atoms with Gasteiger partial charge >= 0.3 is 0 Å². The van der Waals surface area contributed by atoms with Gasteiger partial charge in [-0.15, -0.1) is 0 Å². The average Bonchev–Trinajstić information content (AvgIpc) is 3.25. The quantitative estimate of drug-likeness (QED) is 0.604. The van der Waals surface area contributed by atoms with E-state index in [4.69, 9.17) is 9.15 Å². The van der Waals surface area contributed by atoms with Crippen molar-refractivity contribution in [1.29, 1.82) is 0 Å². The van der Waals surface area contributed by atoms with Crippen molar-refractivity contribution < 1.29 is 18.7 Å². The van der Waals surface area contributed by atoms with Crippen LogP contribution in [0.2, 0.25) is 0 Å². The van der Waals surface area contributed by atoms with E-state index < -0.39 is 0 Å². The lowest BCUT2D eigenvalue weighted by Gasteiger charge is -2.35. The van der Waals surface area contributed by atoms with Crippen LogP contribution in [0.1, 0.15) is 37.2 Å². The van der Waals surface area contributed by atoms with Crippen molar-refractivity contribution in [3.63, 3.8) is 0 Å². The Bertz CT molecular complexity index is 851. The molecule has 2 heterocycles. The van der Waals surface area contributed by atoms with Crippen LogP contribution in [0.4, 0.5) is 0 Å². The molecule has 0 saturated carbocycles. The first kappa shape index (κ1) is 22.8. The maximum absolute atomic E-state index is 12.0. The van der Waals surface area contributed by atoms with Crippen LogP contribution in [0.15, 0.2) is 53.2 Å². The van der Waals surface area contributed by atoms with Crippen LogP contribution < -0.4 is 10.6 Å². The molecule has 1 saturated heterocycles. The van der Waals surface area contributed by atoms with Gasteiger partial charge in [0.1, 0.15) is 5.76 Å². The minimum atomic E-state index is -0.260. The molecule has 2 N–H and O–H groups in total. The molecule has 7 heteroatoms. The number of furan rings is 1. The third-order valence-corrected chi connectivity index (χ3v) is 5.01. The highest BCUT2D eigenvalue weighted by atomic mass is 16.5. The van der Waals surface area contributed by atoms with Crippen LogP contribution in [0, 0.1) is 0 Å². The number of carbonyl (C=O) groups is 2. The van der Waals surface area contributed by atoms with E-state index in [9.17, 15) is 9.59 Å². The predicted molar refractivity (Wildman–Crippen MR) is 119 cm³/mol. The molecule has 0 aliphatic carbocycles.